The third kappa shape index (κ3) is 4.33. The summed E-state index contributed by atoms with van der Waals surface area (Å²) < 4.78 is 7.84. The van der Waals surface area contributed by atoms with Crippen LogP contribution in [0.4, 0.5) is 0 Å². The Labute approximate surface area is 206 Å². The van der Waals surface area contributed by atoms with Crippen LogP contribution in [0.5, 0.6) is 0 Å². The van der Waals surface area contributed by atoms with Crippen LogP contribution in [0, 0.1) is 0 Å². The van der Waals surface area contributed by atoms with Gasteiger partial charge in [-0.1, -0.05) is 35.5 Å². The summed E-state index contributed by atoms with van der Waals surface area (Å²) in [7, 11) is 2.96. The second-order valence-electron chi connectivity index (χ2n) is 9.02. The lowest BCUT2D eigenvalue weighted by molar-refractivity contribution is 0.0551. The van der Waals surface area contributed by atoms with E-state index in [1.165, 1.54) is 23.9 Å². The molecule has 4 heterocycles. The van der Waals surface area contributed by atoms with Gasteiger partial charge in [0.1, 0.15) is 5.65 Å². The Balaban J connectivity index is 1.25. The van der Waals surface area contributed by atoms with Crippen LogP contribution in [0.3, 0.4) is 0 Å². The van der Waals surface area contributed by atoms with Crippen molar-refractivity contribution in [2.45, 2.75) is 19.4 Å². The van der Waals surface area contributed by atoms with Gasteiger partial charge in [0.25, 0.3) is 11.5 Å². The zero-order valence-electron chi connectivity index (χ0n) is 20.4. The van der Waals surface area contributed by atoms with Crippen LogP contribution in [0.15, 0.2) is 56.7 Å². The Bertz CT molecular complexity index is 1530. The number of carbonyl (C=O) groups is 1. The number of aromatic nitrogens is 5. The first kappa shape index (κ1) is 23.6. The largest absolute Gasteiger partial charge is 0.338 e. The molecule has 1 amide bonds. The highest BCUT2D eigenvalue weighted by Gasteiger charge is 2.28. The maximum atomic E-state index is 13.2. The van der Waals surface area contributed by atoms with Crippen molar-refractivity contribution >= 4 is 16.9 Å². The van der Waals surface area contributed by atoms with Gasteiger partial charge in [-0.25, -0.2) is 9.78 Å². The van der Waals surface area contributed by atoms with E-state index in [1.54, 1.807) is 11.9 Å². The average molecular weight is 490 g/mol. The highest BCUT2D eigenvalue weighted by Crippen LogP contribution is 2.22. The molecule has 0 radical (unpaired) electrons. The molecule has 0 spiro atoms. The molecule has 0 aliphatic carbocycles. The smallest absolute Gasteiger partial charge is 0.332 e. The predicted octanol–water partition coefficient (Wildman–Crippen LogP) is 1.12. The van der Waals surface area contributed by atoms with E-state index < -0.39 is 11.2 Å². The summed E-state index contributed by atoms with van der Waals surface area (Å²) in [6.07, 6.45) is 2.03. The number of piperazine rings is 1. The standard InChI is InChI=1S/C25H27N7O4/c1-16(22-27-20(28-36-22)13-17-7-5-4-6-8-17)31-9-11-32(12-10-31)23(33)18-14-19-21(26-15-18)29(2)25(35)30(3)24(19)34/h4-8,14-16H,9-13H2,1-3H3/t16-/m0/s1. The van der Waals surface area contributed by atoms with Gasteiger partial charge in [-0.2, -0.15) is 4.98 Å². The summed E-state index contributed by atoms with van der Waals surface area (Å²) in [6, 6.07) is 11.4. The van der Waals surface area contributed by atoms with Crippen LogP contribution in [0.2, 0.25) is 0 Å². The normalized spacial score (nSPS) is 15.4. The predicted molar refractivity (Wildman–Crippen MR) is 132 cm³/mol. The van der Waals surface area contributed by atoms with E-state index >= 15 is 0 Å². The van der Waals surface area contributed by atoms with Gasteiger partial charge in [0.2, 0.25) is 5.89 Å². The molecule has 0 saturated carbocycles. The molecule has 1 saturated heterocycles. The van der Waals surface area contributed by atoms with Crippen molar-refractivity contribution in [2.24, 2.45) is 14.1 Å². The minimum absolute atomic E-state index is 0.0779. The third-order valence-electron chi connectivity index (χ3n) is 6.74. The Morgan fingerprint density at radius 2 is 1.78 bits per heavy atom. The van der Waals surface area contributed by atoms with Crippen molar-refractivity contribution < 1.29 is 9.32 Å². The lowest BCUT2D eigenvalue weighted by atomic mass is 10.1. The molecule has 11 nitrogen and oxygen atoms in total. The molecule has 1 aliphatic rings. The zero-order chi connectivity index (χ0) is 25.4. The first-order chi connectivity index (χ1) is 17.3. The number of rotatable bonds is 5. The molecule has 11 heteroatoms. The number of carbonyl (C=O) groups excluding carboxylic acids is 1. The van der Waals surface area contributed by atoms with Crippen LogP contribution in [0.1, 0.15) is 40.6 Å². The van der Waals surface area contributed by atoms with E-state index in [-0.39, 0.29) is 23.0 Å². The summed E-state index contributed by atoms with van der Waals surface area (Å²) in [6.45, 7) is 4.32. The van der Waals surface area contributed by atoms with Crippen molar-refractivity contribution in [3.8, 4) is 0 Å². The van der Waals surface area contributed by atoms with E-state index in [0.29, 0.717) is 49.9 Å². The van der Waals surface area contributed by atoms with Gasteiger partial charge >= 0.3 is 5.69 Å². The number of hydrogen-bond donors (Lipinski definition) is 0. The molecule has 3 aromatic heterocycles. The molecule has 1 aromatic carbocycles. The topological polar surface area (TPSA) is 119 Å². The lowest BCUT2D eigenvalue weighted by Crippen LogP contribution is -2.49. The minimum atomic E-state index is -0.472. The Kier molecular flexibility index (Phi) is 6.23. The van der Waals surface area contributed by atoms with Crippen molar-refractivity contribution in [1.82, 2.24) is 34.1 Å². The first-order valence-corrected chi connectivity index (χ1v) is 11.8. The molecule has 0 unspecified atom stereocenters. The van der Waals surface area contributed by atoms with Crippen molar-refractivity contribution in [2.75, 3.05) is 26.2 Å². The van der Waals surface area contributed by atoms with Crippen molar-refractivity contribution in [3.05, 3.63) is 86.3 Å². The van der Waals surface area contributed by atoms with Gasteiger partial charge in [-0.05, 0) is 18.6 Å². The number of pyridine rings is 1. The van der Waals surface area contributed by atoms with E-state index in [0.717, 1.165) is 10.1 Å². The molecule has 0 N–H and O–H groups in total. The monoisotopic (exact) mass is 489 g/mol. The Morgan fingerprint density at radius 1 is 1.06 bits per heavy atom. The quantitative estimate of drug-likeness (QED) is 0.409. The lowest BCUT2D eigenvalue weighted by Gasteiger charge is -2.36. The fraction of sp³-hybridized carbons (Fsp3) is 0.360. The van der Waals surface area contributed by atoms with E-state index in [9.17, 15) is 14.4 Å². The zero-order valence-corrected chi connectivity index (χ0v) is 20.4. The summed E-state index contributed by atoms with van der Waals surface area (Å²) in [4.78, 5) is 50.6. The number of hydrogen-bond acceptors (Lipinski definition) is 8. The fourth-order valence-electron chi connectivity index (χ4n) is 4.52. The molecule has 186 valence electrons. The molecule has 0 bridgehead atoms. The third-order valence-corrected chi connectivity index (χ3v) is 6.74. The van der Waals surface area contributed by atoms with Crippen LogP contribution in [0.25, 0.3) is 11.0 Å². The Morgan fingerprint density at radius 3 is 2.50 bits per heavy atom. The molecule has 4 aromatic rings. The molecular weight excluding hydrogens is 462 g/mol. The number of amides is 1. The van der Waals surface area contributed by atoms with Crippen LogP contribution < -0.4 is 11.2 Å². The molecule has 1 atom stereocenters. The number of benzene rings is 1. The fourth-order valence-corrected chi connectivity index (χ4v) is 4.52. The second-order valence-corrected chi connectivity index (χ2v) is 9.02. The molecule has 1 fully saturated rings. The first-order valence-electron chi connectivity index (χ1n) is 11.8. The minimum Gasteiger partial charge on any atom is -0.338 e. The Hall–Kier alpha value is -4.12. The van der Waals surface area contributed by atoms with E-state index in [2.05, 4.69) is 20.0 Å². The SMILES string of the molecule is C[C@@H](c1nc(Cc2ccccc2)no1)N1CCN(C(=O)c2cnc3c(c2)c(=O)n(C)c(=O)n3C)CC1. The molecule has 1 aliphatic heterocycles. The molecule has 5 rings (SSSR count). The van der Waals surface area contributed by atoms with Crippen molar-refractivity contribution in [3.63, 3.8) is 0 Å². The van der Waals surface area contributed by atoms with Crippen molar-refractivity contribution in [1.29, 1.82) is 0 Å². The second kappa shape index (κ2) is 9.50. The maximum absolute atomic E-state index is 13.2. The summed E-state index contributed by atoms with van der Waals surface area (Å²) in [5.41, 5.74) is 0.761. The number of fused-ring (bicyclic) bond motifs is 1. The van der Waals surface area contributed by atoms with Crippen LogP contribution in [-0.2, 0) is 20.5 Å². The number of nitrogens with zero attached hydrogens (tertiary/aromatic N) is 7. The van der Waals surface area contributed by atoms with Gasteiger partial charge in [-0.3, -0.25) is 23.6 Å². The average Bonchev–Trinajstić information content (AvgIpc) is 3.38. The van der Waals surface area contributed by atoms with Gasteiger partial charge < -0.3 is 9.42 Å². The van der Waals surface area contributed by atoms with Crippen LogP contribution >= 0.6 is 0 Å². The van der Waals surface area contributed by atoms with Gasteiger partial charge in [0.05, 0.1) is 17.0 Å². The summed E-state index contributed by atoms with van der Waals surface area (Å²) in [5.74, 6) is 1.00. The molecule has 36 heavy (non-hydrogen) atoms. The van der Waals surface area contributed by atoms with E-state index in [1.807, 2.05) is 37.3 Å². The van der Waals surface area contributed by atoms with E-state index in [4.69, 9.17) is 4.52 Å². The summed E-state index contributed by atoms with van der Waals surface area (Å²) in [5, 5.41) is 4.36. The summed E-state index contributed by atoms with van der Waals surface area (Å²) >= 11 is 0. The number of aryl methyl sites for hydroxylation is 1. The maximum Gasteiger partial charge on any atom is 0.332 e. The molecular formula is C25H27N7O4. The van der Waals surface area contributed by atoms with Crippen LogP contribution in [-0.4, -0.2) is 66.1 Å². The van der Waals surface area contributed by atoms with Gasteiger partial charge in [0.15, 0.2) is 5.82 Å². The highest BCUT2D eigenvalue weighted by atomic mass is 16.5. The van der Waals surface area contributed by atoms with Gasteiger partial charge in [0, 0.05) is 52.9 Å². The highest BCUT2D eigenvalue weighted by molar-refractivity contribution is 5.96. The van der Waals surface area contributed by atoms with Gasteiger partial charge in [-0.15, -0.1) is 0 Å².